The second-order valence-electron chi connectivity index (χ2n) is 9.53. The van der Waals surface area contributed by atoms with Gasteiger partial charge in [-0.3, -0.25) is 9.69 Å². The molecule has 0 amide bonds. The first kappa shape index (κ1) is 26.0. The highest BCUT2D eigenvalue weighted by Gasteiger charge is 2.52. The van der Waals surface area contributed by atoms with Crippen LogP contribution >= 0.6 is 22.9 Å². The minimum Gasteiger partial charge on any atom is -0.395 e. The number of aromatic nitrogens is 1. The molecule has 0 radical (unpaired) electrons. The molecule has 1 aliphatic carbocycles. The summed E-state index contributed by atoms with van der Waals surface area (Å²) < 4.78 is 35.9. The second kappa shape index (κ2) is 9.62. The summed E-state index contributed by atoms with van der Waals surface area (Å²) in [6.07, 6.45) is -0.165. The van der Waals surface area contributed by atoms with Crippen molar-refractivity contribution < 1.29 is 28.2 Å². The Hall–Kier alpha value is -2.59. The molecule has 6 nitrogen and oxygen atoms in total. The van der Waals surface area contributed by atoms with E-state index < -0.39 is 11.7 Å². The molecule has 1 saturated heterocycles. The summed E-state index contributed by atoms with van der Waals surface area (Å²) in [5.74, 6) is -0.0855. The normalized spacial score (nSPS) is 21.9. The number of aliphatic hydroxyl groups is 1. The van der Waals surface area contributed by atoms with E-state index in [1.165, 1.54) is 23.5 Å². The number of hydrogen-bond donors (Lipinski definition) is 1. The third kappa shape index (κ3) is 4.85. The van der Waals surface area contributed by atoms with Crippen molar-refractivity contribution in [3.8, 4) is 11.5 Å². The van der Waals surface area contributed by atoms with E-state index in [2.05, 4.69) is 19.4 Å². The van der Waals surface area contributed by atoms with Gasteiger partial charge in [0.05, 0.1) is 24.0 Å². The molecule has 2 aromatic carbocycles. The molecule has 1 saturated carbocycles. The lowest BCUT2D eigenvalue weighted by Crippen LogP contribution is -2.28. The minimum absolute atomic E-state index is 0. The third-order valence-electron chi connectivity index (χ3n) is 7.15. The molecule has 2 atom stereocenters. The summed E-state index contributed by atoms with van der Waals surface area (Å²) >= 11 is 8.01. The van der Waals surface area contributed by atoms with Gasteiger partial charge >= 0.3 is 6.29 Å². The van der Waals surface area contributed by atoms with Crippen LogP contribution in [0.4, 0.5) is 8.78 Å². The molecule has 1 unspecified atom stereocenters. The number of ether oxygens (including phenoxy) is 2. The molecular weight excluding hydrogens is 522 g/mol. The molecule has 6 rings (SSSR count). The third-order valence-corrected chi connectivity index (χ3v) is 8.54. The quantitative estimate of drug-likeness (QED) is 0.405. The predicted octanol–water partition coefficient (Wildman–Crippen LogP) is 5.75. The van der Waals surface area contributed by atoms with Crippen LogP contribution < -0.4 is 9.47 Å². The summed E-state index contributed by atoms with van der Waals surface area (Å²) in [5.41, 5.74) is 0.874. The van der Waals surface area contributed by atoms with E-state index in [0.29, 0.717) is 41.4 Å². The lowest BCUT2D eigenvalue weighted by molar-refractivity contribution is -0.286. The topological polar surface area (TPSA) is 71.9 Å². The van der Waals surface area contributed by atoms with E-state index in [1.807, 2.05) is 24.3 Å². The van der Waals surface area contributed by atoms with Gasteiger partial charge in [-0.25, -0.2) is 4.98 Å². The number of halogens is 3. The average molecular weight is 549 g/mol. The van der Waals surface area contributed by atoms with Crippen molar-refractivity contribution in [2.75, 3.05) is 13.1 Å². The van der Waals surface area contributed by atoms with Crippen molar-refractivity contribution >= 4 is 28.7 Å². The van der Waals surface area contributed by atoms with Crippen LogP contribution in [0.3, 0.4) is 0 Å². The highest BCUT2D eigenvalue weighted by atomic mass is 35.5. The van der Waals surface area contributed by atoms with Crippen LogP contribution in [-0.4, -0.2) is 46.3 Å². The Morgan fingerprint density at radius 2 is 1.97 bits per heavy atom. The lowest BCUT2D eigenvalue weighted by atomic mass is 9.89. The van der Waals surface area contributed by atoms with E-state index in [0.717, 1.165) is 17.0 Å². The van der Waals surface area contributed by atoms with Gasteiger partial charge in [-0.05, 0) is 48.6 Å². The van der Waals surface area contributed by atoms with Crippen LogP contribution in [0.25, 0.3) is 0 Å². The molecule has 3 aliphatic rings. The number of β-amino-alcohol motifs (C(OH)–C–C–N with tert-alkyl or cyclic N) is 1. The molecule has 37 heavy (non-hydrogen) atoms. The Balaban J connectivity index is 0.00000280. The van der Waals surface area contributed by atoms with E-state index in [1.54, 1.807) is 12.3 Å². The zero-order valence-corrected chi connectivity index (χ0v) is 20.7. The molecular formula is C27H27ClF2N2O4S. The number of thiazole rings is 1. The average Bonchev–Trinajstić information content (AvgIpc) is 3.16. The maximum absolute atomic E-state index is 13.4. The van der Waals surface area contributed by atoms with Crippen molar-refractivity contribution in [3.05, 3.63) is 74.7 Å². The largest absolute Gasteiger partial charge is 0.586 e. The molecule has 2 aliphatic heterocycles. The predicted molar refractivity (Wildman–Crippen MR) is 137 cm³/mol. The number of fused-ring (bicyclic) bond motifs is 1. The molecule has 3 heterocycles. The molecule has 0 spiro atoms. The number of Topliss-reactive ketones (excluding diaryl/α,β-unsaturated/α-hetero) is 1. The van der Waals surface area contributed by atoms with Gasteiger partial charge in [-0.2, -0.15) is 0 Å². The number of ketones is 1. The fraction of sp³-hybridized carbons (Fsp3) is 0.407. The first-order valence-corrected chi connectivity index (χ1v) is 13.0. The fourth-order valence-corrected chi connectivity index (χ4v) is 6.48. The summed E-state index contributed by atoms with van der Waals surface area (Å²) in [6.45, 7) is 1.27. The first-order chi connectivity index (χ1) is 17.2. The van der Waals surface area contributed by atoms with Crippen LogP contribution in [0.2, 0.25) is 5.02 Å². The van der Waals surface area contributed by atoms with E-state index >= 15 is 0 Å². The maximum Gasteiger partial charge on any atom is 0.586 e. The SMILES string of the molecule is C.O=C(Cc1ncc(C(c2ccccc2Cl)N2CC[C@@H](O)C2)s1)C1(c2ccc3c(c2)OC(F)(F)O3)CC1. The summed E-state index contributed by atoms with van der Waals surface area (Å²) in [5, 5.41) is 11.5. The Bertz CT molecular complexity index is 1330. The molecule has 10 heteroatoms. The number of carbonyl (C=O) groups is 1. The van der Waals surface area contributed by atoms with Gasteiger partial charge in [0, 0.05) is 29.2 Å². The van der Waals surface area contributed by atoms with Crippen molar-refractivity contribution in [3.63, 3.8) is 0 Å². The summed E-state index contributed by atoms with van der Waals surface area (Å²) in [7, 11) is 0. The van der Waals surface area contributed by atoms with E-state index in [4.69, 9.17) is 11.6 Å². The van der Waals surface area contributed by atoms with Crippen LogP contribution in [0.1, 0.15) is 53.7 Å². The zero-order chi connectivity index (χ0) is 25.1. The monoisotopic (exact) mass is 548 g/mol. The van der Waals surface area contributed by atoms with Crippen LogP contribution in [0.15, 0.2) is 48.7 Å². The highest BCUT2D eigenvalue weighted by molar-refractivity contribution is 7.11. The fourth-order valence-electron chi connectivity index (χ4n) is 5.17. The van der Waals surface area contributed by atoms with Crippen LogP contribution in [0.5, 0.6) is 11.5 Å². The maximum atomic E-state index is 13.4. The molecule has 0 bridgehead atoms. The number of alkyl halides is 2. The summed E-state index contributed by atoms with van der Waals surface area (Å²) in [6, 6.07) is 12.1. The Morgan fingerprint density at radius 1 is 1.22 bits per heavy atom. The van der Waals surface area contributed by atoms with Gasteiger partial charge in [0.2, 0.25) is 0 Å². The summed E-state index contributed by atoms with van der Waals surface area (Å²) in [4.78, 5) is 21.1. The van der Waals surface area contributed by atoms with Gasteiger partial charge in [0.15, 0.2) is 11.5 Å². The minimum atomic E-state index is -3.69. The highest BCUT2D eigenvalue weighted by Crippen LogP contribution is 2.53. The Morgan fingerprint density at radius 3 is 2.68 bits per heavy atom. The lowest BCUT2D eigenvalue weighted by Gasteiger charge is -2.27. The standard InChI is InChI=1S/C26H23ClF2N2O4S.CH4/c27-18-4-2-1-3-17(18)24(31-10-7-16(32)14-31)21-13-30-23(36-21)12-22(33)25(8-9-25)15-5-6-19-20(11-15)35-26(28,29)34-19;/h1-6,11,13,16,24,32H,7-10,12,14H2;1H4/t16-,24?;/m1./s1. The Labute approximate surface area is 222 Å². The van der Waals surface area contributed by atoms with Gasteiger partial charge in [0.25, 0.3) is 0 Å². The smallest absolute Gasteiger partial charge is 0.395 e. The molecule has 196 valence electrons. The van der Waals surface area contributed by atoms with Gasteiger partial charge in [-0.15, -0.1) is 20.1 Å². The van der Waals surface area contributed by atoms with Gasteiger partial charge < -0.3 is 14.6 Å². The number of hydrogen-bond acceptors (Lipinski definition) is 7. The van der Waals surface area contributed by atoms with Crippen molar-refractivity contribution in [2.45, 2.75) is 57.0 Å². The number of aliphatic hydroxyl groups excluding tert-OH is 1. The number of rotatable bonds is 7. The van der Waals surface area contributed by atoms with Gasteiger partial charge in [0.1, 0.15) is 10.8 Å². The Kier molecular flexibility index (Phi) is 6.77. The number of likely N-dealkylation sites (tertiary alicyclic amines) is 1. The molecule has 1 aromatic heterocycles. The molecule has 3 aromatic rings. The van der Waals surface area contributed by atoms with Crippen LogP contribution in [-0.2, 0) is 16.6 Å². The first-order valence-electron chi connectivity index (χ1n) is 11.8. The van der Waals surface area contributed by atoms with Crippen LogP contribution in [0, 0.1) is 0 Å². The van der Waals surface area contributed by atoms with Crippen molar-refractivity contribution in [2.24, 2.45) is 0 Å². The van der Waals surface area contributed by atoms with Crippen molar-refractivity contribution in [1.82, 2.24) is 9.88 Å². The van der Waals surface area contributed by atoms with E-state index in [9.17, 15) is 18.7 Å². The number of carbonyl (C=O) groups excluding carboxylic acids is 1. The number of benzene rings is 2. The molecule has 1 N–H and O–H groups in total. The zero-order valence-electron chi connectivity index (χ0n) is 19.1. The molecule has 2 fully saturated rings. The second-order valence-corrected chi connectivity index (χ2v) is 11.1. The number of nitrogens with zero attached hydrogens (tertiary/aromatic N) is 2. The van der Waals surface area contributed by atoms with Gasteiger partial charge in [-0.1, -0.05) is 43.3 Å². The van der Waals surface area contributed by atoms with E-state index in [-0.39, 0.29) is 43.3 Å². The van der Waals surface area contributed by atoms with Crippen molar-refractivity contribution in [1.29, 1.82) is 0 Å².